The molecular weight excluding hydrogens is 424 g/mol. The summed E-state index contributed by atoms with van der Waals surface area (Å²) in [6.45, 7) is -0.152. The molecule has 1 aliphatic carbocycles. The van der Waals surface area contributed by atoms with Crippen LogP contribution in [0, 0.1) is 0 Å². The van der Waals surface area contributed by atoms with Crippen molar-refractivity contribution in [2.45, 2.75) is 29.9 Å². The van der Waals surface area contributed by atoms with Crippen LogP contribution in [0.25, 0.3) is 0 Å². The Morgan fingerprint density at radius 3 is 2.26 bits per heavy atom. The number of hydrogen-bond acceptors (Lipinski definition) is 7. The van der Waals surface area contributed by atoms with E-state index < -0.39 is 22.0 Å². The maximum atomic E-state index is 12.3. The number of methoxy groups -OCH3 is 2. The van der Waals surface area contributed by atoms with Crippen molar-refractivity contribution in [1.82, 2.24) is 10.0 Å². The Bertz CT molecular complexity index is 983. The highest BCUT2D eigenvalue weighted by molar-refractivity contribution is 7.89. The van der Waals surface area contributed by atoms with Crippen molar-refractivity contribution < 1.29 is 32.5 Å². The fourth-order valence-corrected chi connectivity index (χ4v) is 4.09. The van der Waals surface area contributed by atoms with E-state index in [1.807, 2.05) is 0 Å². The van der Waals surface area contributed by atoms with Crippen LogP contribution in [0.1, 0.15) is 23.2 Å². The lowest BCUT2D eigenvalue weighted by Crippen LogP contribution is -2.35. The van der Waals surface area contributed by atoms with Crippen LogP contribution in [0.15, 0.2) is 47.4 Å². The summed E-state index contributed by atoms with van der Waals surface area (Å²) in [5.74, 6) is 0.839. The third-order valence-electron chi connectivity index (χ3n) is 4.63. The van der Waals surface area contributed by atoms with Crippen LogP contribution in [0.4, 0.5) is 0 Å². The maximum Gasteiger partial charge on any atom is 0.251 e. The van der Waals surface area contributed by atoms with Crippen molar-refractivity contribution in [2.75, 3.05) is 27.4 Å². The zero-order valence-corrected chi connectivity index (χ0v) is 18.1. The molecule has 1 saturated carbocycles. The van der Waals surface area contributed by atoms with Gasteiger partial charge in [0.05, 0.1) is 19.1 Å². The molecule has 1 aliphatic rings. The van der Waals surface area contributed by atoms with Crippen LogP contribution in [-0.2, 0) is 10.0 Å². The van der Waals surface area contributed by atoms with Gasteiger partial charge in [0.2, 0.25) is 15.8 Å². The number of sulfonamides is 1. The normalized spacial score (nSPS) is 14.5. The van der Waals surface area contributed by atoms with Gasteiger partial charge < -0.3 is 24.6 Å². The minimum absolute atomic E-state index is 0.00695. The predicted octanol–water partition coefficient (Wildman–Crippen LogP) is 1.31. The smallest absolute Gasteiger partial charge is 0.251 e. The van der Waals surface area contributed by atoms with Crippen LogP contribution in [0.5, 0.6) is 17.2 Å². The average molecular weight is 451 g/mol. The number of carbonyl (C=O) groups is 1. The molecular formula is C21H26N2O7S. The van der Waals surface area contributed by atoms with Crippen LogP contribution >= 0.6 is 0 Å². The summed E-state index contributed by atoms with van der Waals surface area (Å²) in [7, 11) is -0.576. The summed E-state index contributed by atoms with van der Waals surface area (Å²) in [5, 5.41) is 12.8. The zero-order valence-electron chi connectivity index (χ0n) is 17.3. The van der Waals surface area contributed by atoms with Crippen molar-refractivity contribution in [1.29, 1.82) is 0 Å². The van der Waals surface area contributed by atoms with E-state index in [9.17, 15) is 18.3 Å². The molecule has 9 nitrogen and oxygen atoms in total. The first-order valence-electron chi connectivity index (χ1n) is 9.76. The standard InChI is InChI=1S/C21H26N2O7S/c1-28-18-4-3-5-19(29-2)20(18)30-13-16(24)12-22-21(25)14-6-10-17(11-7-14)31(26,27)23-15-8-9-15/h3-7,10-11,15-16,23-24H,8-9,12-13H2,1-2H3,(H,22,25). The second-order valence-corrected chi connectivity index (χ2v) is 8.80. The van der Waals surface area contributed by atoms with Gasteiger partial charge in [0.25, 0.3) is 5.91 Å². The number of amides is 1. The molecule has 0 aliphatic heterocycles. The van der Waals surface area contributed by atoms with Crippen LogP contribution in [0.2, 0.25) is 0 Å². The molecule has 168 valence electrons. The Labute approximate surface area is 181 Å². The molecule has 0 saturated heterocycles. The molecule has 3 N–H and O–H groups in total. The predicted molar refractivity (Wildman–Crippen MR) is 113 cm³/mol. The van der Waals surface area contributed by atoms with Gasteiger partial charge in [-0.15, -0.1) is 0 Å². The molecule has 0 aromatic heterocycles. The van der Waals surface area contributed by atoms with Crippen molar-refractivity contribution >= 4 is 15.9 Å². The van der Waals surface area contributed by atoms with E-state index in [4.69, 9.17) is 14.2 Å². The number of benzene rings is 2. The van der Waals surface area contributed by atoms with Gasteiger partial charge in [0.1, 0.15) is 12.7 Å². The SMILES string of the molecule is COc1cccc(OC)c1OCC(O)CNC(=O)c1ccc(S(=O)(=O)NC2CC2)cc1. The minimum atomic E-state index is -3.57. The molecule has 2 aromatic rings. The van der Waals surface area contributed by atoms with Gasteiger partial charge in [-0.3, -0.25) is 4.79 Å². The molecule has 2 aromatic carbocycles. The van der Waals surface area contributed by atoms with Crippen molar-refractivity contribution in [3.8, 4) is 17.2 Å². The van der Waals surface area contributed by atoms with Crippen LogP contribution < -0.4 is 24.2 Å². The summed E-state index contributed by atoms with van der Waals surface area (Å²) in [6, 6.07) is 10.8. The third kappa shape index (κ3) is 6.09. The van der Waals surface area contributed by atoms with E-state index in [2.05, 4.69) is 10.0 Å². The Hall–Kier alpha value is -2.82. The molecule has 0 radical (unpaired) electrons. The highest BCUT2D eigenvalue weighted by Crippen LogP contribution is 2.36. The first-order valence-corrected chi connectivity index (χ1v) is 11.2. The van der Waals surface area contributed by atoms with E-state index in [-0.39, 0.29) is 29.7 Å². The first-order chi connectivity index (χ1) is 14.8. The number of carbonyl (C=O) groups excluding carboxylic acids is 1. The molecule has 1 amide bonds. The molecule has 3 rings (SSSR count). The van der Waals surface area contributed by atoms with Crippen molar-refractivity contribution in [2.24, 2.45) is 0 Å². The van der Waals surface area contributed by atoms with Gasteiger partial charge >= 0.3 is 0 Å². The Kier molecular flexibility index (Phi) is 7.37. The molecule has 0 bridgehead atoms. The molecule has 31 heavy (non-hydrogen) atoms. The summed E-state index contributed by atoms with van der Waals surface area (Å²) in [6.07, 6.45) is 0.700. The number of rotatable bonds is 11. The highest BCUT2D eigenvalue weighted by atomic mass is 32.2. The summed E-state index contributed by atoms with van der Waals surface area (Å²) < 4.78 is 43.0. The van der Waals surface area contributed by atoms with Gasteiger partial charge in [-0.05, 0) is 49.2 Å². The zero-order chi connectivity index (χ0) is 22.4. The number of nitrogens with one attached hydrogen (secondary N) is 2. The lowest BCUT2D eigenvalue weighted by Gasteiger charge is -2.17. The fourth-order valence-electron chi connectivity index (χ4n) is 2.78. The average Bonchev–Trinajstić information content (AvgIpc) is 3.59. The van der Waals surface area contributed by atoms with Crippen molar-refractivity contribution in [3.63, 3.8) is 0 Å². The monoisotopic (exact) mass is 450 g/mol. The van der Waals surface area contributed by atoms with E-state index >= 15 is 0 Å². The highest BCUT2D eigenvalue weighted by Gasteiger charge is 2.28. The molecule has 10 heteroatoms. The molecule has 0 heterocycles. The quantitative estimate of drug-likeness (QED) is 0.472. The molecule has 0 spiro atoms. The minimum Gasteiger partial charge on any atom is -0.493 e. The third-order valence-corrected chi connectivity index (χ3v) is 6.16. The molecule has 1 unspecified atom stereocenters. The topological polar surface area (TPSA) is 123 Å². The second-order valence-electron chi connectivity index (χ2n) is 7.09. The largest absolute Gasteiger partial charge is 0.493 e. The van der Waals surface area contributed by atoms with Gasteiger partial charge in [-0.25, -0.2) is 13.1 Å². The second kappa shape index (κ2) is 9.99. The maximum absolute atomic E-state index is 12.3. The summed E-state index contributed by atoms with van der Waals surface area (Å²) in [4.78, 5) is 12.4. The van der Waals surface area contributed by atoms with E-state index in [1.165, 1.54) is 38.5 Å². The first kappa shape index (κ1) is 22.9. The fraction of sp³-hybridized carbons (Fsp3) is 0.381. The van der Waals surface area contributed by atoms with Crippen LogP contribution in [0.3, 0.4) is 0 Å². The summed E-state index contributed by atoms with van der Waals surface area (Å²) >= 11 is 0. The van der Waals surface area contributed by atoms with Gasteiger partial charge in [0.15, 0.2) is 11.5 Å². The number of hydrogen-bond donors (Lipinski definition) is 3. The van der Waals surface area contributed by atoms with Gasteiger partial charge in [0, 0.05) is 18.2 Å². The molecule has 1 fully saturated rings. The number of aliphatic hydroxyl groups is 1. The van der Waals surface area contributed by atoms with E-state index in [1.54, 1.807) is 18.2 Å². The van der Waals surface area contributed by atoms with Gasteiger partial charge in [-0.2, -0.15) is 0 Å². The van der Waals surface area contributed by atoms with Crippen LogP contribution in [-0.4, -0.2) is 58.9 Å². The van der Waals surface area contributed by atoms with Gasteiger partial charge in [-0.1, -0.05) is 6.07 Å². The Morgan fingerprint density at radius 2 is 1.71 bits per heavy atom. The number of ether oxygens (including phenoxy) is 3. The van der Waals surface area contributed by atoms with E-state index in [0.717, 1.165) is 12.8 Å². The summed E-state index contributed by atoms with van der Waals surface area (Å²) in [5.41, 5.74) is 0.282. The van der Waals surface area contributed by atoms with Crippen molar-refractivity contribution in [3.05, 3.63) is 48.0 Å². The lowest BCUT2D eigenvalue weighted by atomic mass is 10.2. The Morgan fingerprint density at radius 1 is 1.10 bits per heavy atom. The van der Waals surface area contributed by atoms with E-state index in [0.29, 0.717) is 17.2 Å². The lowest BCUT2D eigenvalue weighted by molar-refractivity contribution is 0.0833. The number of para-hydroxylation sites is 1. The molecule has 1 atom stereocenters. The number of aliphatic hydroxyl groups excluding tert-OH is 1. The Balaban J connectivity index is 1.51.